The molecule has 1 aromatic carbocycles. The second kappa shape index (κ2) is 7.65. The van der Waals surface area contributed by atoms with Gasteiger partial charge in [-0.3, -0.25) is 0 Å². The van der Waals surface area contributed by atoms with Crippen LogP contribution in [0.1, 0.15) is 52.6 Å². The molecule has 0 aliphatic carbocycles. The van der Waals surface area contributed by atoms with Crippen LogP contribution in [0.4, 0.5) is 0 Å². The molecule has 3 nitrogen and oxygen atoms in total. The van der Waals surface area contributed by atoms with Crippen molar-refractivity contribution in [2.45, 2.75) is 52.7 Å². The first-order chi connectivity index (χ1) is 9.38. The number of para-hydroxylation sites is 1. The molecule has 0 saturated heterocycles. The summed E-state index contributed by atoms with van der Waals surface area (Å²) in [4.78, 5) is 0. The van der Waals surface area contributed by atoms with Crippen molar-refractivity contribution in [2.75, 3.05) is 13.2 Å². The van der Waals surface area contributed by atoms with Crippen molar-refractivity contribution in [3.05, 3.63) is 29.8 Å². The third kappa shape index (κ3) is 4.80. The molecule has 2 atom stereocenters. The quantitative estimate of drug-likeness (QED) is 0.765. The third-order valence-corrected chi connectivity index (χ3v) is 3.85. The minimum absolute atomic E-state index is 0.158. The normalized spacial score (nSPS) is 15.9. The lowest BCUT2D eigenvalue weighted by molar-refractivity contribution is -0.0269. The Labute approximate surface area is 123 Å². The van der Waals surface area contributed by atoms with Gasteiger partial charge in [-0.05, 0) is 38.8 Å². The van der Waals surface area contributed by atoms with Crippen LogP contribution >= 0.6 is 0 Å². The standard InChI is InChI=1S/C17H29NO2/c1-6-11-18-14(4)15-9-7-8-10-16(15)20-12-17(5,19)13(2)3/h7-10,13-14,18-19H,6,11-12H2,1-5H3. The first-order valence-corrected chi connectivity index (χ1v) is 7.56. The number of nitrogens with one attached hydrogen (secondary N) is 1. The molecule has 2 unspecified atom stereocenters. The molecule has 2 N–H and O–H groups in total. The van der Waals surface area contributed by atoms with Gasteiger partial charge in [-0.1, -0.05) is 39.0 Å². The average molecular weight is 279 g/mol. The summed E-state index contributed by atoms with van der Waals surface area (Å²) >= 11 is 0. The zero-order valence-corrected chi connectivity index (χ0v) is 13.4. The van der Waals surface area contributed by atoms with Crippen LogP contribution in [0.2, 0.25) is 0 Å². The van der Waals surface area contributed by atoms with E-state index in [2.05, 4.69) is 25.2 Å². The summed E-state index contributed by atoms with van der Waals surface area (Å²) in [5.41, 5.74) is 0.327. The van der Waals surface area contributed by atoms with Gasteiger partial charge < -0.3 is 15.2 Å². The van der Waals surface area contributed by atoms with Gasteiger partial charge in [-0.2, -0.15) is 0 Å². The molecule has 0 spiro atoms. The average Bonchev–Trinajstić information content (AvgIpc) is 2.42. The number of rotatable bonds is 8. The molecule has 0 aliphatic rings. The van der Waals surface area contributed by atoms with E-state index in [0.29, 0.717) is 6.61 Å². The molecule has 20 heavy (non-hydrogen) atoms. The summed E-state index contributed by atoms with van der Waals surface area (Å²) in [7, 11) is 0. The van der Waals surface area contributed by atoms with Crippen LogP contribution in [0.25, 0.3) is 0 Å². The van der Waals surface area contributed by atoms with Crippen LogP contribution in [-0.4, -0.2) is 23.9 Å². The Kier molecular flexibility index (Phi) is 6.50. The topological polar surface area (TPSA) is 41.5 Å². The van der Waals surface area contributed by atoms with Gasteiger partial charge in [0.2, 0.25) is 0 Å². The molecule has 0 bridgehead atoms. The Bertz CT molecular complexity index is 402. The minimum Gasteiger partial charge on any atom is -0.490 e. The maximum absolute atomic E-state index is 10.3. The molecule has 0 radical (unpaired) electrons. The van der Waals surface area contributed by atoms with Crippen LogP contribution in [0.5, 0.6) is 5.75 Å². The molecular formula is C17H29NO2. The predicted octanol–water partition coefficient (Wildman–Crippen LogP) is 3.53. The van der Waals surface area contributed by atoms with Crippen molar-refractivity contribution in [3.63, 3.8) is 0 Å². The van der Waals surface area contributed by atoms with Crippen LogP contribution in [0.3, 0.4) is 0 Å². The third-order valence-electron chi connectivity index (χ3n) is 3.85. The van der Waals surface area contributed by atoms with E-state index in [1.165, 1.54) is 0 Å². The van der Waals surface area contributed by atoms with E-state index >= 15 is 0 Å². The van der Waals surface area contributed by atoms with Gasteiger partial charge in [-0.15, -0.1) is 0 Å². The molecule has 0 aromatic heterocycles. The molecule has 0 aliphatic heterocycles. The number of hydrogen-bond acceptors (Lipinski definition) is 3. The van der Waals surface area contributed by atoms with E-state index in [9.17, 15) is 5.11 Å². The lowest BCUT2D eigenvalue weighted by atomic mass is 9.93. The molecule has 0 amide bonds. The number of benzene rings is 1. The molecule has 114 valence electrons. The van der Waals surface area contributed by atoms with Gasteiger partial charge in [0.1, 0.15) is 12.4 Å². The number of hydrogen-bond donors (Lipinski definition) is 2. The highest BCUT2D eigenvalue weighted by Gasteiger charge is 2.26. The second-order valence-corrected chi connectivity index (χ2v) is 6.01. The van der Waals surface area contributed by atoms with E-state index in [1.807, 2.05) is 39.0 Å². The molecule has 0 saturated carbocycles. The summed E-state index contributed by atoms with van der Waals surface area (Å²) < 4.78 is 5.87. The van der Waals surface area contributed by atoms with Crippen LogP contribution in [-0.2, 0) is 0 Å². The van der Waals surface area contributed by atoms with Gasteiger partial charge >= 0.3 is 0 Å². The van der Waals surface area contributed by atoms with Gasteiger partial charge in [0.05, 0.1) is 5.60 Å². The smallest absolute Gasteiger partial charge is 0.124 e. The Morgan fingerprint density at radius 1 is 1.25 bits per heavy atom. The van der Waals surface area contributed by atoms with Gasteiger partial charge in [-0.25, -0.2) is 0 Å². The Balaban J connectivity index is 2.75. The Morgan fingerprint density at radius 2 is 1.90 bits per heavy atom. The molecule has 0 heterocycles. The van der Waals surface area contributed by atoms with Gasteiger partial charge in [0, 0.05) is 11.6 Å². The summed E-state index contributed by atoms with van der Waals surface area (Å²) in [6, 6.07) is 8.28. The maximum atomic E-state index is 10.3. The Hall–Kier alpha value is -1.06. The van der Waals surface area contributed by atoms with Crippen LogP contribution < -0.4 is 10.1 Å². The Morgan fingerprint density at radius 3 is 2.50 bits per heavy atom. The SMILES string of the molecule is CCCNC(C)c1ccccc1OCC(C)(O)C(C)C. The fourth-order valence-corrected chi connectivity index (χ4v) is 1.83. The molecule has 3 heteroatoms. The zero-order valence-electron chi connectivity index (χ0n) is 13.4. The number of aliphatic hydroxyl groups is 1. The van der Waals surface area contributed by atoms with E-state index in [4.69, 9.17) is 4.74 Å². The molecule has 0 fully saturated rings. The van der Waals surface area contributed by atoms with Crippen LogP contribution in [0.15, 0.2) is 24.3 Å². The van der Waals surface area contributed by atoms with E-state index in [1.54, 1.807) is 0 Å². The number of ether oxygens (including phenoxy) is 1. The maximum Gasteiger partial charge on any atom is 0.124 e. The largest absolute Gasteiger partial charge is 0.490 e. The summed E-state index contributed by atoms with van der Waals surface area (Å²) in [5, 5.41) is 13.7. The highest BCUT2D eigenvalue weighted by Crippen LogP contribution is 2.26. The monoisotopic (exact) mass is 279 g/mol. The van der Waals surface area contributed by atoms with Crippen molar-refractivity contribution >= 4 is 0 Å². The summed E-state index contributed by atoms with van der Waals surface area (Å²) in [5.74, 6) is 1.01. The highest BCUT2D eigenvalue weighted by molar-refractivity contribution is 5.35. The molecule has 1 rings (SSSR count). The minimum atomic E-state index is -0.812. The fraction of sp³-hybridized carbons (Fsp3) is 0.647. The predicted molar refractivity (Wildman–Crippen MR) is 84.1 cm³/mol. The first-order valence-electron chi connectivity index (χ1n) is 7.56. The van der Waals surface area contributed by atoms with Crippen molar-refractivity contribution in [3.8, 4) is 5.75 Å². The van der Waals surface area contributed by atoms with Crippen molar-refractivity contribution in [2.24, 2.45) is 5.92 Å². The summed E-state index contributed by atoms with van der Waals surface area (Å²) in [6.45, 7) is 11.4. The van der Waals surface area contributed by atoms with Crippen molar-refractivity contribution in [1.82, 2.24) is 5.32 Å². The zero-order chi connectivity index (χ0) is 15.2. The highest BCUT2D eigenvalue weighted by atomic mass is 16.5. The van der Waals surface area contributed by atoms with E-state index < -0.39 is 5.60 Å². The first kappa shape index (κ1) is 17.0. The fourth-order valence-electron chi connectivity index (χ4n) is 1.83. The molecule has 1 aromatic rings. The van der Waals surface area contributed by atoms with E-state index in [-0.39, 0.29) is 12.0 Å². The van der Waals surface area contributed by atoms with Crippen molar-refractivity contribution < 1.29 is 9.84 Å². The van der Waals surface area contributed by atoms with Gasteiger partial charge in [0.25, 0.3) is 0 Å². The van der Waals surface area contributed by atoms with Crippen LogP contribution in [0, 0.1) is 5.92 Å². The molecular weight excluding hydrogens is 250 g/mol. The van der Waals surface area contributed by atoms with E-state index in [0.717, 1.165) is 24.3 Å². The van der Waals surface area contributed by atoms with Crippen molar-refractivity contribution in [1.29, 1.82) is 0 Å². The lowest BCUT2D eigenvalue weighted by Gasteiger charge is -2.28. The van der Waals surface area contributed by atoms with Gasteiger partial charge in [0.15, 0.2) is 0 Å². The second-order valence-electron chi connectivity index (χ2n) is 6.01. The summed E-state index contributed by atoms with van der Waals surface area (Å²) in [6.07, 6.45) is 1.11. The lowest BCUT2D eigenvalue weighted by Crippen LogP contribution is -2.38.